The quantitative estimate of drug-likeness (QED) is 0.682. The molecule has 3 rings (SSSR count). The molecule has 1 saturated heterocycles. The number of hydrogen-bond donors (Lipinski definition) is 0. The second-order valence-electron chi connectivity index (χ2n) is 6.61. The smallest absolute Gasteiger partial charge is 0.233 e. The molecule has 1 aliphatic heterocycles. The first kappa shape index (κ1) is 19.9. The molecule has 0 radical (unpaired) electrons. The maximum absolute atomic E-state index is 12.5. The first-order valence-electron chi connectivity index (χ1n) is 9.04. The average molecular weight is 409 g/mol. The van der Waals surface area contributed by atoms with E-state index in [1.807, 2.05) is 4.90 Å². The first-order chi connectivity index (χ1) is 13.0. The summed E-state index contributed by atoms with van der Waals surface area (Å²) < 4.78 is 26.7. The lowest BCUT2D eigenvalue weighted by molar-refractivity contribution is -0.128. The van der Waals surface area contributed by atoms with Crippen molar-refractivity contribution in [3.05, 3.63) is 36.2 Å². The van der Waals surface area contributed by atoms with E-state index in [1.54, 1.807) is 41.9 Å². The van der Waals surface area contributed by atoms with Gasteiger partial charge in [-0.2, -0.15) is 0 Å². The number of nitrogens with zero attached hydrogens (tertiary/aromatic N) is 4. The third kappa shape index (κ3) is 5.10. The van der Waals surface area contributed by atoms with Gasteiger partial charge in [-0.05, 0) is 25.0 Å². The molecule has 2 aromatic rings. The highest BCUT2D eigenvalue weighted by atomic mass is 32.2. The Balaban J connectivity index is 1.62. The van der Waals surface area contributed by atoms with Crippen LogP contribution in [-0.4, -0.2) is 52.8 Å². The van der Waals surface area contributed by atoms with Gasteiger partial charge in [-0.15, -0.1) is 10.2 Å². The summed E-state index contributed by atoms with van der Waals surface area (Å²) in [4.78, 5) is 14.6. The number of aromatic nitrogens is 3. The van der Waals surface area contributed by atoms with Crippen LogP contribution in [0.4, 0.5) is 0 Å². The van der Waals surface area contributed by atoms with Crippen molar-refractivity contribution in [2.75, 3.05) is 18.8 Å². The van der Waals surface area contributed by atoms with Crippen molar-refractivity contribution in [1.82, 2.24) is 19.7 Å². The summed E-state index contributed by atoms with van der Waals surface area (Å²) in [7, 11) is -1.75. The van der Waals surface area contributed by atoms with Crippen LogP contribution in [0.5, 0.6) is 0 Å². The zero-order chi connectivity index (χ0) is 19.3. The van der Waals surface area contributed by atoms with Gasteiger partial charge in [-0.25, -0.2) is 8.42 Å². The van der Waals surface area contributed by atoms with Gasteiger partial charge in [0.25, 0.3) is 0 Å². The number of sulfone groups is 1. The minimum atomic E-state index is -3.48. The Kier molecular flexibility index (Phi) is 6.54. The molecule has 0 saturated carbocycles. The summed E-state index contributed by atoms with van der Waals surface area (Å²) in [5.74, 6) is 0.533. The van der Waals surface area contributed by atoms with Gasteiger partial charge < -0.3 is 9.47 Å². The fourth-order valence-electron chi connectivity index (χ4n) is 3.02. The molecule has 1 fully saturated rings. The second kappa shape index (κ2) is 8.88. The molecule has 0 N–H and O–H groups in total. The summed E-state index contributed by atoms with van der Waals surface area (Å²) in [6, 6.07) is 8.30. The molecule has 9 heteroatoms. The van der Waals surface area contributed by atoms with Crippen LogP contribution in [0.25, 0.3) is 0 Å². The number of likely N-dealkylation sites (tertiary alicyclic amines) is 1. The molecule has 0 spiro atoms. The molecule has 0 unspecified atom stereocenters. The predicted octanol–water partition coefficient (Wildman–Crippen LogP) is 2.28. The second-order valence-corrected chi connectivity index (χ2v) is 9.55. The normalized spacial score (nSPS) is 15.5. The van der Waals surface area contributed by atoms with Crippen molar-refractivity contribution < 1.29 is 13.2 Å². The lowest BCUT2D eigenvalue weighted by Crippen LogP contribution is -2.33. The van der Waals surface area contributed by atoms with Crippen LogP contribution in [0.3, 0.4) is 0 Å². The Morgan fingerprint density at radius 2 is 1.74 bits per heavy atom. The standard InChI is InChI=1S/C18H24N4O3S2/c1-21-16(14-27(24,25)15-9-5-4-6-10-15)19-20-18(21)26-13-17(23)22-11-7-2-3-8-12-22/h4-6,9-10H,2-3,7-8,11-14H2,1H3. The van der Waals surface area contributed by atoms with Gasteiger partial charge in [0.05, 0.1) is 10.6 Å². The molecule has 27 heavy (non-hydrogen) atoms. The van der Waals surface area contributed by atoms with Gasteiger partial charge in [-0.3, -0.25) is 4.79 Å². The van der Waals surface area contributed by atoms with Crippen molar-refractivity contribution in [2.24, 2.45) is 7.05 Å². The number of rotatable bonds is 6. The molecule has 1 aromatic carbocycles. The number of benzene rings is 1. The van der Waals surface area contributed by atoms with E-state index in [0.29, 0.717) is 11.0 Å². The largest absolute Gasteiger partial charge is 0.342 e. The lowest BCUT2D eigenvalue weighted by atomic mass is 10.2. The number of hydrogen-bond acceptors (Lipinski definition) is 6. The number of amides is 1. The summed E-state index contributed by atoms with van der Waals surface area (Å²) in [5, 5.41) is 8.64. The number of carbonyl (C=O) groups excluding carboxylic acids is 1. The van der Waals surface area contributed by atoms with Crippen LogP contribution in [0.1, 0.15) is 31.5 Å². The maximum atomic E-state index is 12.5. The zero-order valence-electron chi connectivity index (χ0n) is 15.4. The van der Waals surface area contributed by atoms with Crippen molar-refractivity contribution in [2.45, 2.75) is 41.5 Å². The molecular formula is C18H24N4O3S2. The summed E-state index contributed by atoms with van der Waals surface area (Å²) in [6.45, 7) is 1.64. The van der Waals surface area contributed by atoms with Crippen molar-refractivity contribution in [3.63, 3.8) is 0 Å². The monoisotopic (exact) mass is 408 g/mol. The number of carbonyl (C=O) groups is 1. The van der Waals surface area contributed by atoms with Crippen LogP contribution < -0.4 is 0 Å². The van der Waals surface area contributed by atoms with Gasteiger partial charge in [0, 0.05) is 20.1 Å². The highest BCUT2D eigenvalue weighted by molar-refractivity contribution is 7.99. The van der Waals surface area contributed by atoms with Gasteiger partial charge in [0.15, 0.2) is 15.0 Å². The third-order valence-corrected chi connectivity index (χ3v) is 7.26. The fourth-order valence-corrected chi connectivity index (χ4v) is 5.18. The fraction of sp³-hybridized carbons (Fsp3) is 0.500. The molecule has 0 bridgehead atoms. The van der Waals surface area contributed by atoms with Crippen molar-refractivity contribution in [3.8, 4) is 0 Å². The molecular weight excluding hydrogens is 384 g/mol. The maximum Gasteiger partial charge on any atom is 0.233 e. The minimum absolute atomic E-state index is 0.100. The van der Waals surface area contributed by atoms with E-state index in [1.165, 1.54) is 24.6 Å². The van der Waals surface area contributed by atoms with Crippen molar-refractivity contribution >= 4 is 27.5 Å². The van der Waals surface area contributed by atoms with Crippen LogP contribution in [-0.2, 0) is 27.4 Å². The van der Waals surface area contributed by atoms with Gasteiger partial charge in [0.1, 0.15) is 11.6 Å². The highest BCUT2D eigenvalue weighted by Crippen LogP contribution is 2.20. The Labute approximate surface area is 164 Å². The third-order valence-electron chi connectivity index (χ3n) is 4.63. The van der Waals surface area contributed by atoms with Crippen LogP contribution in [0.15, 0.2) is 40.4 Å². The van der Waals surface area contributed by atoms with E-state index in [9.17, 15) is 13.2 Å². The Morgan fingerprint density at radius 3 is 2.41 bits per heavy atom. The van der Waals surface area contributed by atoms with Gasteiger partial charge in [0.2, 0.25) is 5.91 Å². The highest BCUT2D eigenvalue weighted by Gasteiger charge is 2.21. The lowest BCUT2D eigenvalue weighted by Gasteiger charge is -2.19. The molecule has 1 aliphatic rings. The SMILES string of the molecule is Cn1c(CS(=O)(=O)c2ccccc2)nnc1SCC(=O)N1CCCCCC1. The molecule has 1 aromatic heterocycles. The van der Waals surface area contributed by atoms with E-state index in [4.69, 9.17) is 0 Å². The Morgan fingerprint density at radius 1 is 1.07 bits per heavy atom. The van der Waals surface area contributed by atoms with E-state index in [-0.39, 0.29) is 22.3 Å². The van der Waals surface area contributed by atoms with E-state index in [0.717, 1.165) is 25.9 Å². The summed E-state index contributed by atoms with van der Waals surface area (Å²) in [5.41, 5.74) is 0. The van der Waals surface area contributed by atoms with Crippen LogP contribution in [0, 0.1) is 0 Å². The summed E-state index contributed by atoms with van der Waals surface area (Å²) >= 11 is 1.30. The van der Waals surface area contributed by atoms with Crippen molar-refractivity contribution in [1.29, 1.82) is 0 Å². The Hall–Kier alpha value is -1.87. The molecule has 0 aliphatic carbocycles. The number of thioether (sulfide) groups is 1. The van der Waals surface area contributed by atoms with Gasteiger partial charge in [-0.1, -0.05) is 42.8 Å². The zero-order valence-corrected chi connectivity index (χ0v) is 17.0. The van der Waals surface area contributed by atoms with E-state index >= 15 is 0 Å². The van der Waals surface area contributed by atoms with Crippen LogP contribution >= 0.6 is 11.8 Å². The average Bonchev–Trinajstić information content (AvgIpc) is 2.87. The molecule has 0 atom stereocenters. The molecule has 1 amide bonds. The predicted molar refractivity (Wildman–Crippen MR) is 104 cm³/mol. The Bertz CT molecular complexity index is 873. The molecule has 146 valence electrons. The van der Waals surface area contributed by atoms with E-state index in [2.05, 4.69) is 10.2 Å². The summed E-state index contributed by atoms with van der Waals surface area (Å²) in [6.07, 6.45) is 4.47. The molecule has 7 nitrogen and oxygen atoms in total. The topological polar surface area (TPSA) is 85.2 Å². The van der Waals surface area contributed by atoms with Crippen LogP contribution in [0.2, 0.25) is 0 Å². The minimum Gasteiger partial charge on any atom is -0.342 e. The van der Waals surface area contributed by atoms with E-state index < -0.39 is 9.84 Å². The molecule has 2 heterocycles. The van der Waals surface area contributed by atoms with Gasteiger partial charge >= 0.3 is 0 Å². The first-order valence-corrected chi connectivity index (χ1v) is 11.7.